The normalized spacial score (nSPS) is 17.0. The highest BCUT2D eigenvalue weighted by molar-refractivity contribution is 5.93. The lowest BCUT2D eigenvalue weighted by Crippen LogP contribution is -2.43. The van der Waals surface area contributed by atoms with E-state index in [1.54, 1.807) is 12.5 Å². The summed E-state index contributed by atoms with van der Waals surface area (Å²) in [6.45, 7) is 6.83. The van der Waals surface area contributed by atoms with Gasteiger partial charge in [-0.15, -0.1) is 0 Å². The highest BCUT2D eigenvalue weighted by Crippen LogP contribution is 2.30. The number of hydrogen-bond acceptors (Lipinski definition) is 4. The summed E-state index contributed by atoms with van der Waals surface area (Å²) in [5.74, 6) is 1.65. The summed E-state index contributed by atoms with van der Waals surface area (Å²) in [6, 6.07) is 6.20. The molecule has 0 saturated heterocycles. The Morgan fingerprint density at radius 2 is 2.25 bits per heavy atom. The molecule has 0 spiro atoms. The molecule has 6 heteroatoms. The predicted octanol–water partition coefficient (Wildman–Crippen LogP) is 3.44. The van der Waals surface area contributed by atoms with Gasteiger partial charge in [-0.25, -0.2) is 4.68 Å². The molecule has 3 rings (SSSR count). The molecule has 6 nitrogen and oxygen atoms in total. The van der Waals surface area contributed by atoms with E-state index in [0.29, 0.717) is 12.6 Å². The molecule has 2 heterocycles. The number of rotatable bonds is 8. The monoisotopic (exact) mass is 330 g/mol. The van der Waals surface area contributed by atoms with E-state index in [4.69, 9.17) is 4.42 Å². The second kappa shape index (κ2) is 7.21. The van der Waals surface area contributed by atoms with Gasteiger partial charge in [0.2, 0.25) is 5.91 Å². The van der Waals surface area contributed by atoms with Crippen molar-refractivity contribution in [3.63, 3.8) is 0 Å². The molecule has 2 atom stereocenters. The average molecular weight is 330 g/mol. The molecule has 24 heavy (non-hydrogen) atoms. The van der Waals surface area contributed by atoms with Crippen LogP contribution in [0.2, 0.25) is 0 Å². The summed E-state index contributed by atoms with van der Waals surface area (Å²) >= 11 is 0. The summed E-state index contributed by atoms with van der Waals surface area (Å²) < 4.78 is 7.33. The van der Waals surface area contributed by atoms with Crippen molar-refractivity contribution in [2.24, 2.45) is 0 Å². The van der Waals surface area contributed by atoms with Crippen LogP contribution >= 0.6 is 0 Å². The standard InChI is InChI=1S/C18H26N4O2/c1-4-13(2)22-17(9-10-19-22)20-18(23)14(3)21(15-7-8-15)12-16-6-5-11-24-16/h5-6,9-11,13-15H,4,7-8,12H2,1-3H3,(H,20,23)/t13-,14+/m1/s1. The first-order valence-corrected chi connectivity index (χ1v) is 8.72. The number of amides is 1. The molecule has 2 aromatic heterocycles. The molecule has 1 saturated carbocycles. The first-order valence-electron chi connectivity index (χ1n) is 8.72. The maximum atomic E-state index is 12.8. The first kappa shape index (κ1) is 16.8. The third kappa shape index (κ3) is 3.70. The van der Waals surface area contributed by atoms with Crippen LogP contribution in [0.3, 0.4) is 0 Å². The third-order valence-electron chi connectivity index (χ3n) is 4.74. The first-order chi connectivity index (χ1) is 11.6. The SMILES string of the molecule is CC[C@@H](C)n1nccc1NC(=O)[C@H](C)N(Cc1ccco1)C1CC1. The number of nitrogens with one attached hydrogen (secondary N) is 1. The van der Waals surface area contributed by atoms with Crippen molar-refractivity contribution in [1.82, 2.24) is 14.7 Å². The number of anilines is 1. The molecule has 1 aliphatic carbocycles. The molecular weight excluding hydrogens is 304 g/mol. The second-order valence-electron chi connectivity index (χ2n) is 6.57. The van der Waals surface area contributed by atoms with E-state index in [-0.39, 0.29) is 18.0 Å². The second-order valence-corrected chi connectivity index (χ2v) is 6.57. The Hall–Kier alpha value is -2.08. The predicted molar refractivity (Wildman–Crippen MR) is 92.6 cm³/mol. The molecule has 0 radical (unpaired) electrons. The maximum absolute atomic E-state index is 12.8. The van der Waals surface area contributed by atoms with Crippen LogP contribution in [0.25, 0.3) is 0 Å². The number of hydrogen-bond donors (Lipinski definition) is 1. The van der Waals surface area contributed by atoms with Crippen LogP contribution in [0.1, 0.15) is 51.8 Å². The van der Waals surface area contributed by atoms with E-state index in [1.165, 1.54) is 0 Å². The molecule has 0 unspecified atom stereocenters. The van der Waals surface area contributed by atoms with Gasteiger partial charge in [0, 0.05) is 12.1 Å². The fourth-order valence-corrected chi connectivity index (χ4v) is 2.89. The minimum atomic E-state index is -0.220. The Morgan fingerprint density at radius 1 is 1.46 bits per heavy atom. The van der Waals surface area contributed by atoms with Gasteiger partial charge in [0.15, 0.2) is 0 Å². The summed E-state index contributed by atoms with van der Waals surface area (Å²) in [5.41, 5.74) is 0. The summed E-state index contributed by atoms with van der Waals surface area (Å²) in [5, 5.41) is 7.36. The summed E-state index contributed by atoms with van der Waals surface area (Å²) in [6.07, 6.45) is 6.66. The molecule has 0 aliphatic heterocycles. The highest BCUT2D eigenvalue weighted by atomic mass is 16.3. The van der Waals surface area contributed by atoms with Crippen LogP contribution in [0.4, 0.5) is 5.82 Å². The topological polar surface area (TPSA) is 63.3 Å². The molecule has 0 aromatic carbocycles. The highest BCUT2D eigenvalue weighted by Gasteiger charge is 2.35. The van der Waals surface area contributed by atoms with Gasteiger partial charge < -0.3 is 9.73 Å². The zero-order chi connectivity index (χ0) is 17.1. The van der Waals surface area contributed by atoms with Crippen molar-refractivity contribution in [2.75, 3.05) is 5.32 Å². The number of nitrogens with zero attached hydrogens (tertiary/aromatic N) is 3. The lowest BCUT2D eigenvalue weighted by atomic mass is 10.2. The van der Waals surface area contributed by atoms with Crippen molar-refractivity contribution >= 4 is 11.7 Å². The van der Waals surface area contributed by atoms with E-state index in [2.05, 4.69) is 29.2 Å². The zero-order valence-electron chi connectivity index (χ0n) is 14.6. The van der Waals surface area contributed by atoms with Crippen LogP contribution in [0.15, 0.2) is 35.1 Å². The fourth-order valence-electron chi connectivity index (χ4n) is 2.89. The average Bonchev–Trinajstić information content (AvgIpc) is 3.09. The molecule has 2 aromatic rings. The molecule has 1 amide bonds. The number of furan rings is 1. The van der Waals surface area contributed by atoms with Gasteiger partial charge in [-0.2, -0.15) is 5.10 Å². The lowest BCUT2D eigenvalue weighted by molar-refractivity contribution is -0.121. The molecule has 1 N–H and O–H groups in total. The fraction of sp³-hybridized carbons (Fsp3) is 0.556. The van der Waals surface area contributed by atoms with Crippen LogP contribution in [-0.2, 0) is 11.3 Å². The minimum absolute atomic E-state index is 0.00138. The van der Waals surface area contributed by atoms with Gasteiger partial charge in [-0.3, -0.25) is 9.69 Å². The molecule has 0 bridgehead atoms. The Labute approximate surface area is 142 Å². The van der Waals surface area contributed by atoms with E-state index >= 15 is 0 Å². The smallest absolute Gasteiger partial charge is 0.242 e. The summed E-state index contributed by atoms with van der Waals surface area (Å²) in [7, 11) is 0. The van der Waals surface area contributed by atoms with E-state index in [1.807, 2.05) is 29.8 Å². The van der Waals surface area contributed by atoms with Crippen molar-refractivity contribution in [2.45, 2.75) is 64.7 Å². The van der Waals surface area contributed by atoms with Crippen LogP contribution < -0.4 is 5.32 Å². The quantitative estimate of drug-likeness (QED) is 0.805. The summed E-state index contributed by atoms with van der Waals surface area (Å²) in [4.78, 5) is 15.0. The maximum Gasteiger partial charge on any atom is 0.242 e. The van der Waals surface area contributed by atoms with Gasteiger partial charge in [0.05, 0.1) is 31.1 Å². The Bertz CT molecular complexity index is 660. The van der Waals surface area contributed by atoms with Gasteiger partial charge >= 0.3 is 0 Å². The van der Waals surface area contributed by atoms with E-state index in [0.717, 1.165) is 30.8 Å². The van der Waals surface area contributed by atoms with E-state index < -0.39 is 0 Å². The lowest BCUT2D eigenvalue weighted by Gasteiger charge is -2.27. The minimum Gasteiger partial charge on any atom is -0.468 e. The Balaban J connectivity index is 1.68. The number of aromatic nitrogens is 2. The van der Waals surface area contributed by atoms with Crippen LogP contribution in [0, 0.1) is 0 Å². The van der Waals surface area contributed by atoms with Gasteiger partial charge in [0.25, 0.3) is 0 Å². The van der Waals surface area contributed by atoms with E-state index in [9.17, 15) is 4.79 Å². The van der Waals surface area contributed by atoms with Crippen molar-refractivity contribution in [1.29, 1.82) is 0 Å². The van der Waals surface area contributed by atoms with Crippen LogP contribution in [-0.4, -0.2) is 32.7 Å². The van der Waals surface area contributed by atoms with Gasteiger partial charge in [0.1, 0.15) is 11.6 Å². The van der Waals surface area contributed by atoms with Crippen molar-refractivity contribution in [3.05, 3.63) is 36.4 Å². The molecule has 1 fully saturated rings. The largest absolute Gasteiger partial charge is 0.468 e. The Morgan fingerprint density at radius 3 is 2.88 bits per heavy atom. The van der Waals surface area contributed by atoms with Crippen molar-refractivity contribution in [3.8, 4) is 0 Å². The molecule has 130 valence electrons. The number of carbonyl (C=O) groups excluding carboxylic acids is 1. The molecular formula is C18H26N4O2. The van der Waals surface area contributed by atoms with Gasteiger partial charge in [-0.05, 0) is 45.2 Å². The van der Waals surface area contributed by atoms with Crippen LogP contribution in [0.5, 0.6) is 0 Å². The Kier molecular flexibility index (Phi) is 5.04. The number of carbonyl (C=O) groups is 1. The van der Waals surface area contributed by atoms with Gasteiger partial charge in [-0.1, -0.05) is 6.92 Å². The third-order valence-corrected chi connectivity index (χ3v) is 4.74. The molecule has 1 aliphatic rings. The van der Waals surface area contributed by atoms with Crippen molar-refractivity contribution < 1.29 is 9.21 Å². The zero-order valence-corrected chi connectivity index (χ0v) is 14.6.